The van der Waals surface area contributed by atoms with E-state index in [9.17, 15) is 0 Å². The molecular formula is C20H26Cl2SiZr-2. The molecule has 0 saturated heterocycles. The summed E-state index contributed by atoms with van der Waals surface area (Å²) in [5.74, 6) is 0. The fourth-order valence-corrected chi connectivity index (χ4v) is 1.97. The number of allylic oxidation sites excluding steroid dienone is 4. The molecule has 130 valence electrons. The second kappa shape index (κ2) is 13.2. The first kappa shape index (κ1) is 26.2. The van der Waals surface area contributed by atoms with Gasteiger partial charge in [-0.1, -0.05) is 26.8 Å². The zero-order valence-corrected chi connectivity index (χ0v) is 20.1. The molecule has 2 aromatic carbocycles. The maximum Gasteiger partial charge on any atom is -0.0809 e. The van der Waals surface area contributed by atoms with Gasteiger partial charge in [-0.15, -0.1) is 36.1 Å². The first-order valence-corrected chi connectivity index (χ1v) is 13.9. The Kier molecular flexibility index (Phi) is 14.5. The SMILES string of the molecule is CC(C)(C)C1=CC=[C-]C1.C[Si](C)=[Zr+2].[Cl-].[Cl-].c1ccc2[cH-]ccc2c1. The van der Waals surface area contributed by atoms with Crippen LogP contribution in [0.2, 0.25) is 13.1 Å². The van der Waals surface area contributed by atoms with E-state index in [0.717, 1.165) is 6.42 Å². The molecule has 3 rings (SSSR count). The predicted octanol–water partition coefficient (Wildman–Crippen LogP) is 0.0730. The largest absolute Gasteiger partial charge is 1.00 e. The molecule has 1 aliphatic carbocycles. The van der Waals surface area contributed by atoms with Crippen LogP contribution in [-0.2, 0) is 23.3 Å². The molecule has 0 atom stereocenters. The predicted molar refractivity (Wildman–Crippen MR) is 97.0 cm³/mol. The molecule has 0 nitrogen and oxygen atoms in total. The van der Waals surface area contributed by atoms with Gasteiger partial charge in [-0.05, 0) is 5.41 Å². The van der Waals surface area contributed by atoms with Crippen LogP contribution in [0.1, 0.15) is 27.2 Å². The molecule has 0 saturated carbocycles. The van der Waals surface area contributed by atoms with E-state index in [-0.39, 0.29) is 30.2 Å². The van der Waals surface area contributed by atoms with Crippen LogP contribution in [0.25, 0.3) is 10.8 Å². The van der Waals surface area contributed by atoms with Crippen LogP contribution in [-0.4, -0.2) is 5.43 Å². The van der Waals surface area contributed by atoms with Crippen molar-refractivity contribution in [2.75, 3.05) is 0 Å². The quantitative estimate of drug-likeness (QED) is 0.389. The minimum absolute atomic E-state index is 0. The van der Waals surface area contributed by atoms with Crippen molar-refractivity contribution in [3.05, 3.63) is 66.3 Å². The van der Waals surface area contributed by atoms with Crippen molar-refractivity contribution >= 4 is 16.2 Å². The molecule has 0 N–H and O–H groups in total. The number of benzene rings is 1. The summed E-state index contributed by atoms with van der Waals surface area (Å²) in [4.78, 5) is 0. The van der Waals surface area contributed by atoms with Gasteiger partial charge in [0.2, 0.25) is 0 Å². The van der Waals surface area contributed by atoms with Crippen LogP contribution in [0.4, 0.5) is 0 Å². The van der Waals surface area contributed by atoms with E-state index < -0.39 is 0 Å². The van der Waals surface area contributed by atoms with Crippen LogP contribution >= 0.6 is 0 Å². The van der Waals surface area contributed by atoms with Gasteiger partial charge in [-0.3, -0.25) is 6.08 Å². The van der Waals surface area contributed by atoms with Gasteiger partial charge in [0.1, 0.15) is 0 Å². The van der Waals surface area contributed by atoms with Crippen molar-refractivity contribution in [2.45, 2.75) is 40.3 Å². The van der Waals surface area contributed by atoms with Crippen molar-refractivity contribution in [3.8, 4) is 0 Å². The van der Waals surface area contributed by atoms with Crippen LogP contribution < -0.4 is 24.8 Å². The standard InChI is InChI=1S/C9H7.C9H13.C2H6Si.2ClH.Zr/c1-2-5-9-7-3-6-8(9)4-1;1-9(2,3)8-6-4-5-7-8;1-3-2;;;/h1-7H;4,6H,7H2,1-3H3;1-2H3;2*1H;/q2*-1;;;;+2/p-2. The van der Waals surface area contributed by atoms with Crippen molar-refractivity contribution in [3.63, 3.8) is 0 Å². The summed E-state index contributed by atoms with van der Waals surface area (Å²) in [5, 5.41) is 2.66. The fourth-order valence-electron chi connectivity index (χ4n) is 1.97. The van der Waals surface area contributed by atoms with E-state index in [0.29, 0.717) is 5.41 Å². The minimum atomic E-state index is 0. The Morgan fingerprint density at radius 2 is 1.67 bits per heavy atom. The van der Waals surface area contributed by atoms with E-state index in [1.807, 2.05) is 6.08 Å². The third kappa shape index (κ3) is 10.8. The smallest absolute Gasteiger partial charge is 0.0809 e. The van der Waals surface area contributed by atoms with Gasteiger partial charge >= 0.3 is 41.9 Å². The maximum atomic E-state index is 3.16. The topological polar surface area (TPSA) is 0 Å². The van der Waals surface area contributed by atoms with Gasteiger partial charge in [-0.25, -0.2) is 12.2 Å². The summed E-state index contributed by atoms with van der Waals surface area (Å²) in [5.41, 5.74) is 2.05. The second-order valence-corrected chi connectivity index (χ2v) is 16.0. The van der Waals surface area contributed by atoms with E-state index in [4.69, 9.17) is 0 Å². The average Bonchev–Trinajstić information content (AvgIpc) is 3.10. The Balaban J connectivity index is 0. The summed E-state index contributed by atoms with van der Waals surface area (Å²) in [7, 11) is 0. The van der Waals surface area contributed by atoms with Gasteiger partial charge in [-0.2, -0.15) is 23.1 Å². The van der Waals surface area contributed by atoms with Crippen LogP contribution in [0.5, 0.6) is 0 Å². The van der Waals surface area contributed by atoms with E-state index in [1.165, 1.54) is 16.3 Å². The summed E-state index contributed by atoms with van der Waals surface area (Å²) >= 11 is 1.74. The molecule has 2 aromatic rings. The molecular weight excluding hydrogens is 430 g/mol. The van der Waals surface area contributed by atoms with E-state index in [2.05, 4.69) is 88.5 Å². The molecule has 24 heavy (non-hydrogen) atoms. The summed E-state index contributed by atoms with van der Waals surface area (Å²) in [6, 6.07) is 14.7. The molecule has 0 heterocycles. The van der Waals surface area contributed by atoms with Crippen molar-refractivity contribution in [2.24, 2.45) is 5.41 Å². The molecule has 0 bridgehead atoms. The molecule has 0 aromatic heterocycles. The van der Waals surface area contributed by atoms with Crippen LogP contribution in [0.3, 0.4) is 0 Å². The first-order chi connectivity index (χ1) is 10.3. The zero-order valence-electron chi connectivity index (χ0n) is 15.2. The third-order valence-corrected chi connectivity index (χ3v) is 3.21. The minimum Gasteiger partial charge on any atom is -1.00 e. The van der Waals surface area contributed by atoms with Crippen molar-refractivity contribution in [1.29, 1.82) is 0 Å². The molecule has 0 fully saturated rings. The summed E-state index contributed by atoms with van der Waals surface area (Å²) in [6.45, 7) is 11.3. The van der Waals surface area contributed by atoms with Gasteiger partial charge in [0.05, 0.1) is 0 Å². The van der Waals surface area contributed by atoms with Crippen LogP contribution in [0.15, 0.2) is 60.2 Å². The molecule has 1 aliphatic rings. The molecule has 0 amide bonds. The Bertz CT molecular complexity index is 629. The first-order valence-electron chi connectivity index (χ1n) is 7.69. The Labute approximate surface area is 175 Å². The Morgan fingerprint density at radius 3 is 2.08 bits per heavy atom. The number of hydrogen-bond acceptors (Lipinski definition) is 0. The van der Waals surface area contributed by atoms with E-state index >= 15 is 0 Å². The number of fused-ring (bicyclic) bond motifs is 1. The van der Waals surface area contributed by atoms with Crippen molar-refractivity contribution in [1.82, 2.24) is 0 Å². The van der Waals surface area contributed by atoms with Gasteiger partial charge in [0.15, 0.2) is 0 Å². The summed E-state index contributed by atoms with van der Waals surface area (Å²) in [6.07, 6.45) is 8.37. The molecule has 0 aliphatic heterocycles. The molecule has 0 spiro atoms. The Hall–Kier alpha value is -0.0100. The average molecular weight is 457 g/mol. The third-order valence-electron chi connectivity index (χ3n) is 3.21. The molecule has 0 radical (unpaired) electrons. The normalized spacial score (nSPS) is 11.9. The number of hydrogen-bond donors (Lipinski definition) is 0. The maximum absolute atomic E-state index is 3.16. The number of halogens is 2. The number of rotatable bonds is 0. The van der Waals surface area contributed by atoms with Gasteiger partial charge in [0, 0.05) is 0 Å². The second-order valence-electron chi connectivity index (χ2n) is 6.64. The molecule has 0 unspecified atom stereocenters. The van der Waals surface area contributed by atoms with Crippen molar-refractivity contribution < 1.29 is 48.1 Å². The van der Waals surface area contributed by atoms with Crippen LogP contribution in [0, 0.1) is 11.5 Å². The Morgan fingerprint density at radius 1 is 1.08 bits per heavy atom. The monoisotopic (exact) mass is 454 g/mol. The van der Waals surface area contributed by atoms with Gasteiger partial charge < -0.3 is 24.8 Å². The fraction of sp³-hybridized carbons (Fsp3) is 0.350. The van der Waals surface area contributed by atoms with E-state index in [1.54, 1.807) is 23.3 Å². The van der Waals surface area contributed by atoms with Gasteiger partial charge in [0.25, 0.3) is 0 Å². The summed E-state index contributed by atoms with van der Waals surface area (Å²) < 4.78 is 0. The molecule has 4 heteroatoms. The zero-order chi connectivity index (χ0) is 16.6.